The number of amides is 1. The van der Waals surface area contributed by atoms with Gasteiger partial charge in [-0.3, -0.25) is 4.79 Å². The molecule has 9 N–H and O–H groups in total. The molecular formula is C61H107NO13. The Kier molecular flexibility index (Phi) is 42.4. The molecule has 2 rings (SSSR count). The van der Waals surface area contributed by atoms with Crippen molar-refractivity contribution in [2.24, 2.45) is 0 Å². The maximum atomic E-state index is 13.2. The minimum atomic E-state index is -1.78. The second kappa shape index (κ2) is 46.4. The smallest absolute Gasteiger partial charge is 0.220 e. The highest BCUT2D eigenvalue weighted by atomic mass is 16.7. The third kappa shape index (κ3) is 32.2. The van der Waals surface area contributed by atoms with E-state index >= 15 is 0 Å². The van der Waals surface area contributed by atoms with Crippen LogP contribution in [-0.4, -0.2) is 140 Å². The number of aliphatic hydroxyl groups excluding tert-OH is 8. The van der Waals surface area contributed by atoms with Crippen molar-refractivity contribution in [2.75, 3.05) is 19.8 Å². The van der Waals surface area contributed by atoms with Crippen molar-refractivity contribution in [3.63, 3.8) is 0 Å². The van der Waals surface area contributed by atoms with Crippen LogP contribution >= 0.6 is 0 Å². The lowest BCUT2D eigenvalue weighted by Gasteiger charge is -2.46. The number of nitrogens with one attached hydrogen (secondary N) is 1. The van der Waals surface area contributed by atoms with E-state index in [0.717, 1.165) is 96.3 Å². The van der Waals surface area contributed by atoms with Crippen LogP contribution in [0, 0.1) is 0 Å². The third-order valence-corrected chi connectivity index (χ3v) is 14.2. The number of aliphatic hydroxyl groups is 8. The van der Waals surface area contributed by atoms with Crippen LogP contribution in [0.15, 0.2) is 72.9 Å². The van der Waals surface area contributed by atoms with E-state index in [2.05, 4.69) is 92.1 Å². The zero-order valence-electron chi connectivity index (χ0n) is 46.5. The van der Waals surface area contributed by atoms with E-state index in [9.17, 15) is 45.6 Å². The first-order valence-corrected chi connectivity index (χ1v) is 29.7. The quantitative estimate of drug-likeness (QED) is 0.0205. The van der Waals surface area contributed by atoms with E-state index < -0.39 is 86.8 Å². The first-order valence-electron chi connectivity index (χ1n) is 29.7. The molecule has 0 aromatic rings. The Bertz CT molecular complexity index is 1530. The van der Waals surface area contributed by atoms with E-state index in [1.54, 1.807) is 0 Å². The third-order valence-electron chi connectivity index (χ3n) is 14.2. The first-order chi connectivity index (χ1) is 36.6. The largest absolute Gasteiger partial charge is 0.394 e. The standard InChI is InChI=1S/C61H107NO13/c1-3-5-7-9-11-13-15-16-17-18-19-20-21-22-23-24-25-26-27-28-29-30-31-32-33-34-35-37-39-41-43-45-53(66)62-49(50(65)44-42-40-38-36-14-12-10-8-6-4-2)48-72-60-58(71)56(69)59(52(47-64)74-60)75-61-57(70)55(68)54(67)51(46-63)73-61/h5,7,11,13,16-17,19-20,22-23,25-26,49-52,54-61,63-65,67-71H,3-4,6,8-10,12,14-15,18,21,24,27-48H2,1-2H3,(H,62,66)/b7-5-,13-11-,17-16-,20-19-,23-22-,26-25-. The zero-order valence-corrected chi connectivity index (χ0v) is 46.5. The van der Waals surface area contributed by atoms with Gasteiger partial charge >= 0.3 is 0 Å². The SMILES string of the molecule is CC/C=C\C/C=C\C/C=C\C/C=C\C/C=C\C/C=C\CCCCCCCCCCCCCCC(=O)NC(COC1OC(CO)C(OC2OC(CO)C(O)C(O)C2O)C(O)C1O)C(O)CCCCCCCCCCCC. The van der Waals surface area contributed by atoms with Crippen molar-refractivity contribution in [3.05, 3.63) is 72.9 Å². The molecule has 0 aliphatic carbocycles. The van der Waals surface area contributed by atoms with Gasteiger partial charge in [-0.1, -0.05) is 215 Å². The minimum Gasteiger partial charge on any atom is -0.394 e. The topological polar surface area (TPSA) is 228 Å². The summed E-state index contributed by atoms with van der Waals surface area (Å²) in [6.07, 6.45) is 43.5. The first kappa shape index (κ1) is 68.5. The molecule has 14 heteroatoms. The van der Waals surface area contributed by atoms with Crippen LogP contribution in [-0.2, 0) is 23.7 Å². The average molecular weight is 1060 g/mol. The van der Waals surface area contributed by atoms with Crippen LogP contribution in [0.3, 0.4) is 0 Å². The molecule has 1 amide bonds. The van der Waals surface area contributed by atoms with E-state index in [-0.39, 0.29) is 12.5 Å². The lowest BCUT2D eigenvalue weighted by molar-refractivity contribution is -0.359. The van der Waals surface area contributed by atoms with Crippen LogP contribution in [0.5, 0.6) is 0 Å². The van der Waals surface area contributed by atoms with Crippen molar-refractivity contribution in [1.29, 1.82) is 0 Å². The number of unbranched alkanes of at least 4 members (excludes halogenated alkanes) is 21. The lowest BCUT2D eigenvalue weighted by Crippen LogP contribution is -2.65. The summed E-state index contributed by atoms with van der Waals surface area (Å²) >= 11 is 0. The van der Waals surface area contributed by atoms with E-state index in [4.69, 9.17) is 18.9 Å². The van der Waals surface area contributed by atoms with Gasteiger partial charge in [-0.25, -0.2) is 0 Å². The normalized spacial score (nSPS) is 25.6. The van der Waals surface area contributed by atoms with Crippen molar-refractivity contribution in [2.45, 2.75) is 286 Å². The number of allylic oxidation sites excluding steroid dienone is 12. The molecule has 0 aromatic carbocycles. The highest BCUT2D eigenvalue weighted by molar-refractivity contribution is 5.76. The van der Waals surface area contributed by atoms with Gasteiger partial charge in [-0.2, -0.15) is 0 Å². The number of carbonyl (C=O) groups excluding carboxylic acids is 1. The van der Waals surface area contributed by atoms with Crippen LogP contribution < -0.4 is 5.32 Å². The summed E-state index contributed by atoms with van der Waals surface area (Å²) < 4.78 is 22.8. The second-order valence-electron chi connectivity index (χ2n) is 20.7. The Balaban J connectivity index is 1.65. The number of ether oxygens (including phenoxy) is 4. The molecule has 75 heavy (non-hydrogen) atoms. The fourth-order valence-electron chi connectivity index (χ4n) is 9.42. The predicted molar refractivity (Wildman–Crippen MR) is 300 cm³/mol. The molecule has 2 saturated heterocycles. The van der Waals surface area contributed by atoms with Gasteiger partial charge in [-0.05, 0) is 64.2 Å². The zero-order chi connectivity index (χ0) is 54.6. The molecule has 0 bridgehead atoms. The van der Waals surface area contributed by atoms with Crippen molar-refractivity contribution in [1.82, 2.24) is 5.32 Å². The van der Waals surface area contributed by atoms with Gasteiger partial charge in [0.1, 0.15) is 48.8 Å². The maximum absolute atomic E-state index is 13.2. The predicted octanol–water partition coefficient (Wildman–Crippen LogP) is 9.94. The molecule has 12 atom stereocenters. The fourth-order valence-corrected chi connectivity index (χ4v) is 9.42. The highest BCUT2D eigenvalue weighted by Gasteiger charge is 2.51. The van der Waals surface area contributed by atoms with E-state index in [0.29, 0.717) is 12.8 Å². The average Bonchev–Trinajstić information content (AvgIpc) is 3.41. The summed E-state index contributed by atoms with van der Waals surface area (Å²) in [6.45, 7) is 2.71. The molecule has 2 aliphatic rings. The van der Waals surface area contributed by atoms with E-state index in [1.165, 1.54) is 89.9 Å². The lowest BCUT2D eigenvalue weighted by atomic mass is 9.97. The molecule has 12 unspecified atom stereocenters. The van der Waals surface area contributed by atoms with Gasteiger partial charge < -0.3 is 65.1 Å². The molecule has 2 aliphatic heterocycles. The summed E-state index contributed by atoms with van der Waals surface area (Å²) in [6, 6.07) is -0.831. The molecule has 0 saturated carbocycles. The maximum Gasteiger partial charge on any atom is 0.220 e. The van der Waals surface area contributed by atoms with Gasteiger partial charge in [0.25, 0.3) is 0 Å². The monoisotopic (exact) mass is 1060 g/mol. The number of hydrogen-bond acceptors (Lipinski definition) is 13. The van der Waals surface area contributed by atoms with E-state index in [1.807, 2.05) is 0 Å². The molecule has 434 valence electrons. The summed E-state index contributed by atoms with van der Waals surface area (Å²) in [5.41, 5.74) is 0. The van der Waals surface area contributed by atoms with Crippen molar-refractivity contribution < 1.29 is 64.6 Å². The Hall–Kier alpha value is -2.57. The van der Waals surface area contributed by atoms with Gasteiger partial charge in [0, 0.05) is 6.42 Å². The van der Waals surface area contributed by atoms with Gasteiger partial charge in [-0.15, -0.1) is 0 Å². The molecular weight excluding hydrogens is 955 g/mol. The highest BCUT2D eigenvalue weighted by Crippen LogP contribution is 2.30. The molecule has 2 heterocycles. The Morgan fingerprint density at radius 1 is 0.493 bits per heavy atom. The summed E-state index contributed by atoms with van der Waals surface area (Å²) in [5.74, 6) is -0.213. The number of rotatable bonds is 46. The van der Waals surface area contributed by atoms with Gasteiger partial charge in [0.15, 0.2) is 12.6 Å². The molecule has 2 fully saturated rings. The summed E-state index contributed by atoms with van der Waals surface area (Å²) in [4.78, 5) is 13.2. The number of carbonyl (C=O) groups is 1. The molecule has 0 spiro atoms. The van der Waals surface area contributed by atoms with Crippen LogP contribution in [0.2, 0.25) is 0 Å². The van der Waals surface area contributed by atoms with Crippen LogP contribution in [0.1, 0.15) is 213 Å². The van der Waals surface area contributed by atoms with Gasteiger partial charge in [0.05, 0.1) is 32.0 Å². The molecule has 14 nitrogen and oxygen atoms in total. The van der Waals surface area contributed by atoms with Crippen LogP contribution in [0.25, 0.3) is 0 Å². The molecule has 0 aromatic heterocycles. The second-order valence-corrected chi connectivity index (χ2v) is 20.7. The fraction of sp³-hybridized carbons (Fsp3) is 0.787. The summed E-state index contributed by atoms with van der Waals surface area (Å²) in [7, 11) is 0. The van der Waals surface area contributed by atoms with Crippen molar-refractivity contribution >= 4 is 5.91 Å². The van der Waals surface area contributed by atoms with Crippen molar-refractivity contribution in [3.8, 4) is 0 Å². The Morgan fingerprint density at radius 2 is 0.920 bits per heavy atom. The Morgan fingerprint density at radius 3 is 1.41 bits per heavy atom. The summed E-state index contributed by atoms with van der Waals surface area (Å²) in [5, 5.41) is 87.0. The van der Waals surface area contributed by atoms with Gasteiger partial charge in [0.2, 0.25) is 5.91 Å². The Labute approximate surface area is 453 Å². The van der Waals surface area contributed by atoms with Crippen LogP contribution in [0.4, 0.5) is 0 Å². The number of hydrogen-bond donors (Lipinski definition) is 9. The minimum absolute atomic E-state index is 0.213. The molecule has 0 radical (unpaired) electrons.